The molecule has 0 radical (unpaired) electrons. The van der Waals surface area contributed by atoms with E-state index in [0.717, 1.165) is 16.5 Å². The molecule has 0 saturated heterocycles. The van der Waals surface area contributed by atoms with E-state index in [1.54, 1.807) is 30.6 Å². The van der Waals surface area contributed by atoms with Crippen LogP contribution in [0.25, 0.3) is 27.7 Å². The van der Waals surface area contributed by atoms with E-state index >= 15 is 0 Å². The zero-order valence-corrected chi connectivity index (χ0v) is 14.4. The van der Waals surface area contributed by atoms with Gasteiger partial charge in [-0.05, 0) is 29.2 Å². The maximum atomic E-state index is 9.50. The molecular formula is C17H15BN6O4. The summed E-state index contributed by atoms with van der Waals surface area (Å²) in [5.41, 5.74) is 9.72. The van der Waals surface area contributed by atoms with Crippen LogP contribution in [0.3, 0.4) is 0 Å². The lowest BCUT2D eigenvalue weighted by atomic mass is 9.78. The van der Waals surface area contributed by atoms with Crippen LogP contribution in [0.15, 0.2) is 55.0 Å². The average molecular weight is 378 g/mol. The third-order valence-electron chi connectivity index (χ3n) is 3.94. The minimum Gasteiger partial charge on any atom is -0.483 e. The Balaban J connectivity index is 0.000000706. The Hall–Kier alpha value is -3.83. The van der Waals surface area contributed by atoms with Gasteiger partial charge in [0.25, 0.3) is 6.47 Å². The third kappa shape index (κ3) is 3.80. The lowest BCUT2D eigenvalue weighted by Crippen LogP contribution is -2.30. The zero-order valence-electron chi connectivity index (χ0n) is 14.4. The summed E-state index contributed by atoms with van der Waals surface area (Å²) in [5.74, 6) is 0. The maximum Gasteiger partial charge on any atom is 0.488 e. The number of nitrogens with two attached hydrogens (primary N) is 1. The summed E-state index contributed by atoms with van der Waals surface area (Å²) in [6.07, 6.45) is 4.65. The number of carboxylic acid groups (broad SMARTS) is 1. The summed E-state index contributed by atoms with van der Waals surface area (Å²) in [4.78, 5) is 9.83. The monoisotopic (exact) mass is 378 g/mol. The molecule has 0 aliphatic rings. The number of rotatable bonds is 3. The van der Waals surface area contributed by atoms with Crippen molar-refractivity contribution in [3.8, 4) is 16.8 Å². The number of benzene rings is 2. The van der Waals surface area contributed by atoms with Gasteiger partial charge in [-0.1, -0.05) is 18.2 Å². The van der Waals surface area contributed by atoms with Crippen molar-refractivity contribution in [1.29, 1.82) is 0 Å². The summed E-state index contributed by atoms with van der Waals surface area (Å²) in [7, 11) is -1.57. The van der Waals surface area contributed by atoms with E-state index < -0.39 is 7.12 Å². The number of hydrogen-bond donors (Lipinski definition) is 4. The van der Waals surface area contributed by atoms with E-state index in [2.05, 4.69) is 20.4 Å². The molecule has 10 nitrogen and oxygen atoms in total. The molecule has 28 heavy (non-hydrogen) atoms. The molecule has 4 rings (SSSR count). The Kier molecular flexibility index (Phi) is 5.58. The first kappa shape index (κ1) is 19.0. The van der Waals surface area contributed by atoms with Crippen molar-refractivity contribution in [3.63, 3.8) is 0 Å². The molecule has 0 aliphatic heterocycles. The molecular weight excluding hydrogens is 363 g/mol. The average Bonchev–Trinajstić information content (AvgIpc) is 3.22. The quantitative estimate of drug-likeness (QED) is 0.280. The topological polar surface area (TPSA) is 160 Å². The summed E-state index contributed by atoms with van der Waals surface area (Å²) in [6, 6.07) is 10.6. The highest BCUT2D eigenvalue weighted by atomic mass is 16.4. The van der Waals surface area contributed by atoms with Gasteiger partial charge in [-0.2, -0.15) is 25.2 Å². The van der Waals surface area contributed by atoms with E-state index in [9.17, 15) is 10.0 Å². The van der Waals surface area contributed by atoms with Crippen molar-refractivity contribution in [1.82, 2.24) is 25.2 Å². The fourth-order valence-electron chi connectivity index (χ4n) is 2.71. The fourth-order valence-corrected chi connectivity index (χ4v) is 2.71. The van der Waals surface area contributed by atoms with Crippen molar-refractivity contribution < 1.29 is 19.9 Å². The first-order valence-electron chi connectivity index (χ1n) is 8.01. The van der Waals surface area contributed by atoms with Gasteiger partial charge in [-0.3, -0.25) is 4.79 Å². The molecule has 2 aromatic carbocycles. The van der Waals surface area contributed by atoms with E-state index in [-0.39, 0.29) is 6.47 Å². The van der Waals surface area contributed by atoms with E-state index in [0.29, 0.717) is 22.4 Å². The molecule has 0 spiro atoms. The summed E-state index contributed by atoms with van der Waals surface area (Å²) >= 11 is 0. The minimum atomic E-state index is -1.57. The van der Waals surface area contributed by atoms with E-state index in [1.807, 2.05) is 18.2 Å². The van der Waals surface area contributed by atoms with Crippen molar-refractivity contribution in [2.45, 2.75) is 0 Å². The Morgan fingerprint density at radius 1 is 1.07 bits per heavy atom. The molecule has 0 aliphatic carbocycles. The van der Waals surface area contributed by atoms with Crippen LogP contribution in [0.4, 0.5) is 5.69 Å². The number of hydrogen-bond acceptors (Lipinski definition) is 8. The van der Waals surface area contributed by atoms with Gasteiger partial charge in [-0.25, -0.2) is 0 Å². The predicted octanol–water partition coefficient (Wildman–Crippen LogP) is -0.160. The molecule has 0 atom stereocenters. The highest BCUT2D eigenvalue weighted by Crippen LogP contribution is 2.29. The second kappa shape index (κ2) is 8.25. The standard InChI is InChI=1S/C16H13BN6O2.CH2O2/c18-14-9-19-22-15-7-10(1-3-12(14)15)13-8-11(17(24)25)2-4-16(13)23-20-5-6-21-23;2-1-3/h1-9,24-25H,(H2,18,22);1H,(H,2,3). The predicted molar refractivity (Wildman–Crippen MR) is 103 cm³/mol. The fraction of sp³-hybridized carbons (Fsp3) is 0. The maximum absolute atomic E-state index is 9.50. The van der Waals surface area contributed by atoms with Crippen LogP contribution in [-0.4, -0.2) is 53.9 Å². The number of nitrogen functional groups attached to an aromatic ring is 1. The van der Waals surface area contributed by atoms with Crippen LogP contribution in [-0.2, 0) is 4.79 Å². The molecule has 5 N–H and O–H groups in total. The van der Waals surface area contributed by atoms with E-state index in [1.165, 1.54) is 11.0 Å². The van der Waals surface area contributed by atoms with Crippen molar-refractivity contribution in [2.75, 3.05) is 5.73 Å². The highest BCUT2D eigenvalue weighted by molar-refractivity contribution is 6.58. The highest BCUT2D eigenvalue weighted by Gasteiger charge is 2.16. The molecule has 140 valence electrons. The van der Waals surface area contributed by atoms with Gasteiger partial charge in [0.2, 0.25) is 0 Å². The molecule has 2 heterocycles. The SMILES string of the molecule is Nc1cnnc2cc(-c3cc(B(O)O)ccc3-n3nccn3)ccc12.O=CO. The normalized spacial score (nSPS) is 10.2. The number of aromatic nitrogens is 5. The van der Waals surface area contributed by atoms with Crippen LogP contribution in [0.2, 0.25) is 0 Å². The van der Waals surface area contributed by atoms with Crippen molar-refractivity contribution in [2.24, 2.45) is 0 Å². The Bertz CT molecular complexity index is 1100. The Morgan fingerprint density at radius 2 is 1.79 bits per heavy atom. The molecule has 0 amide bonds. The second-order valence-corrected chi connectivity index (χ2v) is 5.61. The number of fused-ring (bicyclic) bond motifs is 1. The zero-order chi connectivity index (χ0) is 20.1. The van der Waals surface area contributed by atoms with Gasteiger partial charge < -0.3 is 20.9 Å². The van der Waals surface area contributed by atoms with Crippen LogP contribution in [0, 0.1) is 0 Å². The van der Waals surface area contributed by atoms with Crippen LogP contribution in [0.5, 0.6) is 0 Å². The number of nitrogens with zero attached hydrogens (tertiary/aromatic N) is 5. The number of carbonyl (C=O) groups is 1. The third-order valence-corrected chi connectivity index (χ3v) is 3.94. The molecule has 0 saturated carbocycles. The molecule has 0 fully saturated rings. The van der Waals surface area contributed by atoms with E-state index in [4.69, 9.17) is 15.6 Å². The van der Waals surface area contributed by atoms with Gasteiger partial charge in [0.05, 0.1) is 35.5 Å². The lowest BCUT2D eigenvalue weighted by Gasteiger charge is -2.12. The Morgan fingerprint density at radius 3 is 2.46 bits per heavy atom. The summed E-state index contributed by atoms with van der Waals surface area (Å²) < 4.78 is 0. The van der Waals surface area contributed by atoms with Gasteiger partial charge in [0, 0.05) is 10.9 Å². The summed E-state index contributed by atoms with van der Waals surface area (Å²) in [6.45, 7) is -0.250. The van der Waals surface area contributed by atoms with Crippen molar-refractivity contribution in [3.05, 3.63) is 55.0 Å². The first-order valence-corrected chi connectivity index (χ1v) is 8.01. The Labute approximate surface area is 159 Å². The van der Waals surface area contributed by atoms with Gasteiger partial charge in [0.1, 0.15) is 0 Å². The molecule has 2 aromatic heterocycles. The van der Waals surface area contributed by atoms with Crippen LogP contribution < -0.4 is 11.2 Å². The van der Waals surface area contributed by atoms with Crippen LogP contribution >= 0.6 is 0 Å². The lowest BCUT2D eigenvalue weighted by molar-refractivity contribution is -0.122. The van der Waals surface area contributed by atoms with Gasteiger partial charge >= 0.3 is 7.12 Å². The second-order valence-electron chi connectivity index (χ2n) is 5.61. The van der Waals surface area contributed by atoms with Gasteiger partial charge in [0.15, 0.2) is 0 Å². The summed E-state index contributed by atoms with van der Waals surface area (Å²) in [5, 5.41) is 43.0. The van der Waals surface area contributed by atoms with Gasteiger partial charge in [-0.15, -0.1) is 0 Å². The largest absolute Gasteiger partial charge is 0.488 e. The molecule has 0 bridgehead atoms. The first-order chi connectivity index (χ1) is 13.5. The minimum absolute atomic E-state index is 0.250. The molecule has 0 unspecified atom stereocenters. The van der Waals surface area contributed by atoms with Crippen LogP contribution in [0.1, 0.15) is 0 Å². The number of anilines is 1. The molecule has 11 heteroatoms. The smallest absolute Gasteiger partial charge is 0.483 e. The molecule has 4 aromatic rings. The van der Waals surface area contributed by atoms with Crippen molar-refractivity contribution >= 4 is 35.6 Å².